The maximum Gasteiger partial charge on any atom is 0.131 e. The lowest BCUT2D eigenvalue weighted by atomic mass is 9.93. The first-order valence-corrected chi connectivity index (χ1v) is 5.80. The molecule has 88 valence electrons. The van der Waals surface area contributed by atoms with Crippen molar-refractivity contribution in [3.8, 4) is 0 Å². The van der Waals surface area contributed by atoms with Crippen molar-refractivity contribution in [2.24, 2.45) is 5.73 Å². The quantitative estimate of drug-likeness (QED) is 0.756. The average molecular weight is 231 g/mol. The van der Waals surface area contributed by atoms with E-state index in [1.807, 2.05) is 24.3 Å². The predicted octanol–water partition coefficient (Wildman–Crippen LogP) is 2.55. The van der Waals surface area contributed by atoms with Crippen LogP contribution in [0.25, 0.3) is 10.8 Å². The summed E-state index contributed by atoms with van der Waals surface area (Å²) in [5.74, 6) is -0.197. The van der Waals surface area contributed by atoms with Gasteiger partial charge in [-0.3, -0.25) is 0 Å². The average Bonchev–Trinajstić information content (AvgIpc) is 2.53. The Morgan fingerprint density at radius 1 is 1.24 bits per heavy atom. The van der Waals surface area contributed by atoms with Gasteiger partial charge in [-0.2, -0.15) is 0 Å². The molecule has 0 radical (unpaired) electrons. The Balaban J connectivity index is 2.34. The zero-order valence-corrected chi connectivity index (χ0v) is 9.45. The summed E-state index contributed by atoms with van der Waals surface area (Å²) in [5, 5.41) is 1.63. The molecule has 0 amide bonds. The molecule has 2 aromatic carbocycles. The lowest BCUT2D eigenvalue weighted by Crippen LogP contribution is -2.16. The van der Waals surface area contributed by atoms with E-state index in [9.17, 15) is 4.39 Å². The highest BCUT2D eigenvalue weighted by atomic mass is 19.1. The van der Waals surface area contributed by atoms with Crippen molar-refractivity contribution in [1.29, 1.82) is 0 Å². The molecule has 2 aromatic rings. The minimum atomic E-state index is -0.230. The van der Waals surface area contributed by atoms with Crippen LogP contribution in [0.4, 0.5) is 4.39 Å². The zero-order chi connectivity index (χ0) is 11.8. The molecule has 2 nitrogen and oxygen atoms in total. The number of nitrogens with two attached hydrogens (primary N) is 1. The molecule has 3 heteroatoms. The maximum absolute atomic E-state index is 14.0. The van der Waals surface area contributed by atoms with E-state index >= 15 is 0 Å². The molecular formula is C14H14FNO. The van der Waals surface area contributed by atoms with Crippen molar-refractivity contribution in [2.45, 2.75) is 12.5 Å². The maximum atomic E-state index is 14.0. The third-order valence-corrected chi connectivity index (χ3v) is 3.33. The van der Waals surface area contributed by atoms with E-state index in [0.29, 0.717) is 18.6 Å². The Kier molecular flexibility index (Phi) is 2.57. The van der Waals surface area contributed by atoms with E-state index in [-0.39, 0.29) is 11.9 Å². The first-order chi connectivity index (χ1) is 8.27. The molecule has 1 aliphatic heterocycles. The monoisotopic (exact) mass is 231 g/mol. The van der Waals surface area contributed by atoms with E-state index in [1.54, 1.807) is 6.07 Å². The normalized spacial score (nSPS) is 20.0. The number of hydrogen-bond donors (Lipinski definition) is 1. The largest absolute Gasteiger partial charge is 0.379 e. The fourth-order valence-electron chi connectivity index (χ4n) is 2.50. The molecule has 0 fully saturated rings. The van der Waals surface area contributed by atoms with Crippen LogP contribution >= 0.6 is 0 Å². The summed E-state index contributed by atoms with van der Waals surface area (Å²) in [6.45, 7) is 1.11. The molecule has 0 saturated heterocycles. The van der Waals surface area contributed by atoms with Crippen molar-refractivity contribution in [3.63, 3.8) is 0 Å². The van der Waals surface area contributed by atoms with Gasteiger partial charge in [0.2, 0.25) is 0 Å². The fourth-order valence-corrected chi connectivity index (χ4v) is 2.50. The molecule has 1 unspecified atom stereocenters. The van der Waals surface area contributed by atoms with Gasteiger partial charge < -0.3 is 10.5 Å². The lowest BCUT2D eigenvalue weighted by Gasteiger charge is -2.14. The van der Waals surface area contributed by atoms with Crippen LogP contribution in [0.5, 0.6) is 0 Å². The van der Waals surface area contributed by atoms with Gasteiger partial charge in [-0.25, -0.2) is 4.39 Å². The number of rotatable bonds is 0. The highest BCUT2D eigenvalue weighted by molar-refractivity contribution is 5.87. The molecule has 0 saturated carbocycles. The number of benzene rings is 2. The summed E-state index contributed by atoms with van der Waals surface area (Å²) in [6.07, 6.45) is 0.795. The molecule has 3 rings (SSSR count). The van der Waals surface area contributed by atoms with Crippen LogP contribution in [-0.4, -0.2) is 13.2 Å². The number of fused-ring (bicyclic) bond motifs is 3. The molecular weight excluding hydrogens is 217 g/mol. The predicted molar refractivity (Wildman–Crippen MR) is 65.4 cm³/mol. The van der Waals surface area contributed by atoms with Crippen LogP contribution in [0.15, 0.2) is 30.3 Å². The molecule has 1 aliphatic rings. The standard InChI is InChI=1S/C14H14FNO/c15-13-7-12-10(5-6-17-8-14(12)16)9-3-1-2-4-11(9)13/h1-4,7,14H,5-6,8,16H2. The van der Waals surface area contributed by atoms with Crippen LogP contribution in [0.2, 0.25) is 0 Å². The molecule has 1 heterocycles. The zero-order valence-electron chi connectivity index (χ0n) is 9.45. The van der Waals surface area contributed by atoms with Gasteiger partial charge in [0.05, 0.1) is 19.3 Å². The molecule has 0 bridgehead atoms. The summed E-state index contributed by atoms with van der Waals surface area (Å²) < 4.78 is 19.4. The van der Waals surface area contributed by atoms with Gasteiger partial charge in [0.1, 0.15) is 5.82 Å². The Labute approximate surface area is 99.2 Å². The Hall–Kier alpha value is -1.45. The number of halogens is 1. The summed E-state index contributed by atoms with van der Waals surface area (Å²) in [6, 6.07) is 8.88. The molecule has 1 atom stereocenters. The van der Waals surface area contributed by atoms with Gasteiger partial charge in [-0.15, -0.1) is 0 Å². The van der Waals surface area contributed by atoms with Crippen LogP contribution in [0.3, 0.4) is 0 Å². The minimum Gasteiger partial charge on any atom is -0.379 e. The summed E-state index contributed by atoms with van der Waals surface area (Å²) in [5.41, 5.74) is 8.03. The smallest absolute Gasteiger partial charge is 0.131 e. The van der Waals surface area contributed by atoms with Crippen molar-refractivity contribution in [1.82, 2.24) is 0 Å². The van der Waals surface area contributed by atoms with Gasteiger partial charge in [0.25, 0.3) is 0 Å². The topological polar surface area (TPSA) is 35.2 Å². The minimum absolute atomic E-state index is 0.197. The van der Waals surface area contributed by atoms with Gasteiger partial charge in [0.15, 0.2) is 0 Å². The molecule has 17 heavy (non-hydrogen) atoms. The van der Waals surface area contributed by atoms with E-state index in [0.717, 1.165) is 22.9 Å². The third kappa shape index (κ3) is 1.72. The van der Waals surface area contributed by atoms with Crippen molar-refractivity contribution in [2.75, 3.05) is 13.2 Å². The van der Waals surface area contributed by atoms with Gasteiger partial charge >= 0.3 is 0 Å². The number of ether oxygens (including phenoxy) is 1. The summed E-state index contributed by atoms with van der Waals surface area (Å²) >= 11 is 0. The van der Waals surface area contributed by atoms with Crippen molar-refractivity contribution in [3.05, 3.63) is 47.3 Å². The molecule has 0 spiro atoms. The Morgan fingerprint density at radius 3 is 2.82 bits per heavy atom. The SMILES string of the molecule is NC1COCCc2c1cc(F)c1ccccc21. The summed E-state index contributed by atoms with van der Waals surface area (Å²) in [4.78, 5) is 0. The van der Waals surface area contributed by atoms with E-state index in [2.05, 4.69) is 0 Å². The van der Waals surface area contributed by atoms with Crippen molar-refractivity contribution >= 4 is 10.8 Å². The van der Waals surface area contributed by atoms with Crippen molar-refractivity contribution < 1.29 is 9.13 Å². The second-order valence-corrected chi connectivity index (χ2v) is 4.40. The van der Waals surface area contributed by atoms with E-state index in [1.165, 1.54) is 0 Å². The molecule has 2 N–H and O–H groups in total. The van der Waals surface area contributed by atoms with Crippen LogP contribution in [0, 0.1) is 5.82 Å². The van der Waals surface area contributed by atoms with Crippen LogP contribution < -0.4 is 5.73 Å². The number of hydrogen-bond acceptors (Lipinski definition) is 2. The first kappa shape index (κ1) is 10.7. The second kappa shape index (κ2) is 4.09. The highest BCUT2D eigenvalue weighted by Gasteiger charge is 2.19. The Bertz CT molecular complexity index is 567. The van der Waals surface area contributed by atoms with E-state index < -0.39 is 0 Å². The Morgan fingerprint density at radius 2 is 2.00 bits per heavy atom. The lowest BCUT2D eigenvalue weighted by molar-refractivity contribution is 0.131. The van der Waals surface area contributed by atoms with E-state index in [4.69, 9.17) is 10.5 Å². The fraction of sp³-hybridized carbons (Fsp3) is 0.286. The van der Waals surface area contributed by atoms with Gasteiger partial charge in [-0.1, -0.05) is 24.3 Å². The van der Waals surface area contributed by atoms with Gasteiger partial charge in [-0.05, 0) is 29.0 Å². The highest BCUT2D eigenvalue weighted by Crippen LogP contribution is 2.30. The van der Waals surface area contributed by atoms with Gasteiger partial charge in [0, 0.05) is 5.39 Å². The first-order valence-electron chi connectivity index (χ1n) is 5.80. The van der Waals surface area contributed by atoms with Crippen LogP contribution in [-0.2, 0) is 11.2 Å². The van der Waals surface area contributed by atoms with Crippen LogP contribution in [0.1, 0.15) is 17.2 Å². The second-order valence-electron chi connectivity index (χ2n) is 4.40. The molecule has 0 aromatic heterocycles. The third-order valence-electron chi connectivity index (χ3n) is 3.33. The molecule has 0 aliphatic carbocycles. The summed E-state index contributed by atoms with van der Waals surface area (Å²) in [7, 11) is 0.